The van der Waals surface area contributed by atoms with E-state index in [1.165, 1.54) is 18.2 Å². The fourth-order valence-corrected chi connectivity index (χ4v) is 3.27. The fraction of sp³-hybridized carbons (Fsp3) is 0.444. The minimum Gasteiger partial charge on any atom is -0.360 e. The van der Waals surface area contributed by atoms with Gasteiger partial charge >= 0.3 is 0 Å². The maximum absolute atomic E-state index is 13.2. The van der Waals surface area contributed by atoms with Gasteiger partial charge in [0.25, 0.3) is 5.91 Å². The summed E-state index contributed by atoms with van der Waals surface area (Å²) in [4.78, 5) is 12.5. The lowest BCUT2D eigenvalue weighted by atomic mass is 9.71. The Balaban J connectivity index is 1.82. The topological polar surface area (TPSA) is 55.1 Å². The Morgan fingerprint density at radius 2 is 2.17 bits per heavy atom. The zero-order valence-corrected chi connectivity index (χ0v) is 14.7. The molecule has 1 atom stereocenters. The van der Waals surface area contributed by atoms with E-state index in [0.29, 0.717) is 17.3 Å². The number of hydrogen-bond acceptors (Lipinski definition) is 3. The smallest absolute Gasteiger partial charge is 0.278 e. The Hall–Kier alpha value is -1.88. The van der Waals surface area contributed by atoms with Crippen LogP contribution in [-0.2, 0) is 12.8 Å². The summed E-state index contributed by atoms with van der Waals surface area (Å²) in [6, 6.07) is 4.05. The molecule has 1 aromatic heterocycles. The molecule has 0 aliphatic heterocycles. The van der Waals surface area contributed by atoms with Gasteiger partial charge in [-0.25, -0.2) is 4.39 Å². The van der Waals surface area contributed by atoms with Gasteiger partial charge in [0.1, 0.15) is 11.6 Å². The number of aryl methyl sites for hydroxylation is 1. The summed E-state index contributed by atoms with van der Waals surface area (Å²) in [6.45, 7) is 6.61. The summed E-state index contributed by atoms with van der Waals surface area (Å²) in [6.07, 6.45) is 2.59. The van der Waals surface area contributed by atoms with Gasteiger partial charge in [-0.05, 0) is 42.4 Å². The number of benzene rings is 1. The second kappa shape index (κ2) is 6.20. The lowest BCUT2D eigenvalue weighted by Crippen LogP contribution is -2.27. The van der Waals surface area contributed by atoms with E-state index in [4.69, 9.17) is 16.1 Å². The van der Waals surface area contributed by atoms with E-state index in [2.05, 4.69) is 31.2 Å². The van der Waals surface area contributed by atoms with Crippen LogP contribution in [0.5, 0.6) is 0 Å². The Morgan fingerprint density at radius 3 is 2.83 bits per heavy atom. The SMILES string of the molecule is CC(C)(C)[C@H]1CCc2onc(C(=O)Nc3ccc(F)c(Cl)c3)c2C1. The summed E-state index contributed by atoms with van der Waals surface area (Å²) in [7, 11) is 0. The number of halogens is 2. The normalized spacial score (nSPS) is 17.5. The molecule has 0 saturated carbocycles. The Kier molecular flexibility index (Phi) is 4.38. The first-order valence-corrected chi connectivity index (χ1v) is 8.37. The largest absolute Gasteiger partial charge is 0.360 e. The molecular weight excluding hydrogens is 331 g/mol. The number of carbonyl (C=O) groups is 1. The fourth-order valence-electron chi connectivity index (χ4n) is 3.09. The van der Waals surface area contributed by atoms with E-state index in [0.717, 1.165) is 30.6 Å². The molecule has 0 saturated heterocycles. The third-order valence-corrected chi connectivity index (χ3v) is 4.95. The highest BCUT2D eigenvalue weighted by Gasteiger charge is 2.34. The Bertz CT molecular complexity index is 780. The van der Waals surface area contributed by atoms with Gasteiger partial charge in [-0.2, -0.15) is 0 Å². The van der Waals surface area contributed by atoms with Crippen LogP contribution >= 0.6 is 11.6 Å². The van der Waals surface area contributed by atoms with Crippen molar-refractivity contribution >= 4 is 23.2 Å². The van der Waals surface area contributed by atoms with Gasteiger partial charge in [0.15, 0.2) is 5.69 Å². The Labute approximate surface area is 145 Å². The number of anilines is 1. The molecule has 1 N–H and O–H groups in total. The number of amides is 1. The van der Waals surface area contributed by atoms with Gasteiger partial charge in [0, 0.05) is 17.7 Å². The molecule has 2 aromatic rings. The van der Waals surface area contributed by atoms with Crippen molar-refractivity contribution in [3.63, 3.8) is 0 Å². The maximum Gasteiger partial charge on any atom is 0.278 e. The van der Waals surface area contributed by atoms with Crippen LogP contribution in [0.3, 0.4) is 0 Å². The van der Waals surface area contributed by atoms with Crippen LogP contribution in [0.2, 0.25) is 5.02 Å². The van der Waals surface area contributed by atoms with E-state index >= 15 is 0 Å². The molecule has 0 spiro atoms. The van der Waals surface area contributed by atoms with Gasteiger partial charge in [-0.1, -0.05) is 37.5 Å². The average Bonchev–Trinajstić information content (AvgIpc) is 2.93. The molecule has 0 fully saturated rings. The molecule has 0 bridgehead atoms. The number of fused-ring (bicyclic) bond motifs is 1. The molecule has 6 heteroatoms. The number of nitrogens with zero attached hydrogens (tertiary/aromatic N) is 1. The van der Waals surface area contributed by atoms with Crippen molar-refractivity contribution in [2.24, 2.45) is 11.3 Å². The van der Waals surface area contributed by atoms with Crippen LogP contribution in [0.15, 0.2) is 22.7 Å². The van der Waals surface area contributed by atoms with E-state index in [1.807, 2.05) is 0 Å². The zero-order chi connectivity index (χ0) is 17.5. The number of nitrogens with one attached hydrogen (secondary N) is 1. The maximum atomic E-state index is 13.2. The third kappa shape index (κ3) is 3.31. The van der Waals surface area contributed by atoms with Crippen molar-refractivity contribution in [2.75, 3.05) is 5.32 Å². The molecule has 24 heavy (non-hydrogen) atoms. The molecule has 128 valence electrons. The molecule has 1 amide bonds. The second-order valence-corrected chi connectivity index (χ2v) is 7.73. The summed E-state index contributed by atoms with van der Waals surface area (Å²) in [5.41, 5.74) is 1.77. The molecule has 1 aromatic carbocycles. The summed E-state index contributed by atoms with van der Waals surface area (Å²) >= 11 is 5.75. The molecular formula is C18H20ClFN2O2. The Morgan fingerprint density at radius 1 is 1.42 bits per heavy atom. The average molecular weight is 351 g/mol. The minimum atomic E-state index is -0.526. The third-order valence-electron chi connectivity index (χ3n) is 4.66. The molecule has 1 heterocycles. The van der Waals surface area contributed by atoms with Gasteiger partial charge in [0.2, 0.25) is 0 Å². The van der Waals surface area contributed by atoms with Gasteiger partial charge < -0.3 is 9.84 Å². The second-order valence-electron chi connectivity index (χ2n) is 7.32. The van der Waals surface area contributed by atoms with Crippen molar-refractivity contribution in [1.82, 2.24) is 5.16 Å². The highest BCUT2D eigenvalue weighted by atomic mass is 35.5. The summed E-state index contributed by atoms with van der Waals surface area (Å²) in [5, 5.41) is 6.62. The van der Waals surface area contributed by atoms with E-state index in [1.54, 1.807) is 0 Å². The number of carbonyl (C=O) groups excluding carboxylic acids is 1. The standard InChI is InChI=1S/C18H20ClFN2O2/c1-18(2,3)10-4-7-15-12(8-10)16(22-24-15)17(23)21-11-5-6-14(20)13(19)9-11/h5-6,9-10H,4,7-8H2,1-3H3,(H,21,23)/t10-/m0/s1. The first kappa shape index (κ1) is 17.0. The lowest BCUT2D eigenvalue weighted by Gasteiger charge is -2.33. The van der Waals surface area contributed by atoms with Crippen molar-refractivity contribution in [3.8, 4) is 0 Å². The van der Waals surface area contributed by atoms with E-state index < -0.39 is 5.82 Å². The van der Waals surface area contributed by atoms with Crippen LogP contribution < -0.4 is 5.32 Å². The molecule has 0 radical (unpaired) electrons. The highest BCUT2D eigenvalue weighted by molar-refractivity contribution is 6.31. The van der Waals surface area contributed by atoms with Gasteiger partial charge in [-0.15, -0.1) is 0 Å². The zero-order valence-electron chi connectivity index (χ0n) is 14.0. The first-order valence-electron chi connectivity index (χ1n) is 7.99. The predicted octanol–water partition coefficient (Wildman–Crippen LogP) is 4.87. The first-order chi connectivity index (χ1) is 11.3. The molecule has 1 aliphatic carbocycles. The van der Waals surface area contributed by atoms with Crippen LogP contribution in [0, 0.1) is 17.2 Å². The van der Waals surface area contributed by atoms with E-state index in [9.17, 15) is 9.18 Å². The minimum absolute atomic E-state index is 0.0391. The van der Waals surface area contributed by atoms with Crippen LogP contribution in [-0.4, -0.2) is 11.1 Å². The lowest BCUT2D eigenvalue weighted by molar-refractivity contribution is 0.101. The van der Waals surface area contributed by atoms with Crippen molar-refractivity contribution in [1.29, 1.82) is 0 Å². The number of hydrogen-bond donors (Lipinski definition) is 1. The van der Waals surface area contributed by atoms with Crippen molar-refractivity contribution in [3.05, 3.63) is 46.1 Å². The van der Waals surface area contributed by atoms with Gasteiger partial charge in [-0.3, -0.25) is 4.79 Å². The summed E-state index contributed by atoms with van der Waals surface area (Å²) in [5.74, 6) is 0.368. The van der Waals surface area contributed by atoms with Crippen molar-refractivity contribution in [2.45, 2.75) is 40.0 Å². The quantitative estimate of drug-likeness (QED) is 0.840. The summed E-state index contributed by atoms with van der Waals surface area (Å²) < 4.78 is 18.6. The highest BCUT2D eigenvalue weighted by Crippen LogP contribution is 2.38. The number of aromatic nitrogens is 1. The van der Waals surface area contributed by atoms with Crippen LogP contribution in [0.4, 0.5) is 10.1 Å². The van der Waals surface area contributed by atoms with Crippen molar-refractivity contribution < 1.29 is 13.7 Å². The molecule has 3 rings (SSSR count). The monoisotopic (exact) mass is 350 g/mol. The van der Waals surface area contributed by atoms with Gasteiger partial charge in [0.05, 0.1) is 5.02 Å². The van der Waals surface area contributed by atoms with Crippen LogP contribution in [0.25, 0.3) is 0 Å². The molecule has 1 aliphatic rings. The van der Waals surface area contributed by atoms with E-state index in [-0.39, 0.29) is 16.3 Å². The predicted molar refractivity (Wildman–Crippen MR) is 90.8 cm³/mol. The molecule has 0 unspecified atom stereocenters. The molecule has 4 nitrogen and oxygen atoms in total. The van der Waals surface area contributed by atoms with Crippen LogP contribution in [0.1, 0.15) is 49.0 Å². The number of rotatable bonds is 2.